The lowest BCUT2D eigenvalue weighted by Gasteiger charge is -2.16. The number of carboxylic acids is 1. The Morgan fingerprint density at radius 2 is 2.17 bits per heavy atom. The number of hydrogen-bond donors (Lipinski definition) is 2. The topological polar surface area (TPSA) is 75.6 Å². The van der Waals surface area contributed by atoms with Crippen LogP contribution in [0.4, 0.5) is 4.79 Å². The van der Waals surface area contributed by atoms with Crippen LogP contribution < -0.4 is 5.32 Å². The number of thiophene rings is 1. The molecule has 0 saturated heterocycles. The summed E-state index contributed by atoms with van der Waals surface area (Å²) < 4.78 is 5.18. The minimum Gasteiger partial charge on any atom is -0.479 e. The molecule has 6 heteroatoms. The van der Waals surface area contributed by atoms with Gasteiger partial charge in [0.1, 0.15) is 6.10 Å². The maximum absolute atomic E-state index is 11.6. The molecule has 18 heavy (non-hydrogen) atoms. The molecule has 1 aliphatic carbocycles. The van der Waals surface area contributed by atoms with Crippen molar-refractivity contribution in [2.75, 3.05) is 0 Å². The number of carboxylic acid groups (broad SMARTS) is 1. The lowest BCUT2D eigenvalue weighted by Crippen LogP contribution is -2.35. The number of carbonyl (C=O) groups is 2. The Kier molecular flexibility index (Phi) is 4.19. The van der Waals surface area contributed by atoms with Gasteiger partial charge in [-0.25, -0.2) is 9.59 Å². The van der Waals surface area contributed by atoms with Crippen molar-refractivity contribution in [3.63, 3.8) is 0 Å². The molecule has 0 spiro atoms. The largest absolute Gasteiger partial charge is 0.479 e. The van der Waals surface area contributed by atoms with Crippen molar-refractivity contribution in [2.24, 2.45) is 0 Å². The Morgan fingerprint density at radius 1 is 1.44 bits per heavy atom. The monoisotopic (exact) mass is 269 g/mol. The van der Waals surface area contributed by atoms with Gasteiger partial charge in [-0.15, -0.1) is 11.3 Å². The number of rotatable bonds is 4. The highest BCUT2D eigenvalue weighted by Crippen LogP contribution is 2.22. The molecule has 2 rings (SSSR count). The van der Waals surface area contributed by atoms with Gasteiger partial charge in [0.25, 0.3) is 0 Å². The van der Waals surface area contributed by atoms with E-state index in [0.717, 1.165) is 25.7 Å². The molecule has 98 valence electrons. The van der Waals surface area contributed by atoms with Crippen LogP contribution in [0.25, 0.3) is 0 Å². The van der Waals surface area contributed by atoms with E-state index in [-0.39, 0.29) is 6.10 Å². The highest BCUT2D eigenvalue weighted by Gasteiger charge is 2.26. The van der Waals surface area contributed by atoms with Gasteiger partial charge < -0.3 is 15.2 Å². The van der Waals surface area contributed by atoms with Crippen LogP contribution in [0.3, 0.4) is 0 Å². The van der Waals surface area contributed by atoms with E-state index in [2.05, 4.69) is 5.32 Å². The minimum absolute atomic E-state index is 0.0669. The van der Waals surface area contributed by atoms with Crippen LogP contribution in [-0.4, -0.2) is 23.3 Å². The van der Waals surface area contributed by atoms with Gasteiger partial charge in [0.15, 0.2) is 6.04 Å². The van der Waals surface area contributed by atoms with E-state index in [9.17, 15) is 9.59 Å². The number of aliphatic carboxylic acids is 1. The number of nitrogens with one attached hydrogen (secondary N) is 1. The van der Waals surface area contributed by atoms with Gasteiger partial charge in [-0.1, -0.05) is 6.07 Å². The second-order valence-electron chi connectivity index (χ2n) is 4.24. The van der Waals surface area contributed by atoms with Crippen LogP contribution in [0.2, 0.25) is 0 Å². The maximum Gasteiger partial charge on any atom is 0.408 e. The van der Waals surface area contributed by atoms with Crippen LogP contribution in [0, 0.1) is 0 Å². The Morgan fingerprint density at radius 3 is 2.72 bits per heavy atom. The van der Waals surface area contributed by atoms with E-state index >= 15 is 0 Å². The minimum atomic E-state index is -1.08. The van der Waals surface area contributed by atoms with E-state index in [1.807, 2.05) is 0 Å². The standard InChI is InChI=1S/C12H15NO4S/c14-11(15)10(9-6-3-7-18-9)13-12(16)17-8-4-1-2-5-8/h3,6-8,10H,1-2,4-5H2,(H,13,16)(H,14,15). The molecule has 1 aliphatic rings. The summed E-state index contributed by atoms with van der Waals surface area (Å²) in [6.45, 7) is 0. The van der Waals surface area contributed by atoms with E-state index in [0.29, 0.717) is 4.88 Å². The van der Waals surface area contributed by atoms with Crippen LogP contribution in [0.1, 0.15) is 36.6 Å². The maximum atomic E-state index is 11.6. The quantitative estimate of drug-likeness (QED) is 0.880. The van der Waals surface area contributed by atoms with E-state index in [1.165, 1.54) is 11.3 Å². The zero-order chi connectivity index (χ0) is 13.0. The summed E-state index contributed by atoms with van der Waals surface area (Å²) in [5.74, 6) is -1.08. The van der Waals surface area contributed by atoms with Crippen LogP contribution in [0.5, 0.6) is 0 Å². The Hall–Kier alpha value is -1.56. The molecule has 1 amide bonds. The zero-order valence-electron chi connectivity index (χ0n) is 9.80. The lowest BCUT2D eigenvalue weighted by atomic mass is 10.2. The van der Waals surface area contributed by atoms with Crippen molar-refractivity contribution in [2.45, 2.75) is 37.8 Å². The van der Waals surface area contributed by atoms with Crippen LogP contribution in [-0.2, 0) is 9.53 Å². The Balaban J connectivity index is 1.92. The van der Waals surface area contributed by atoms with Gasteiger partial charge in [0, 0.05) is 4.88 Å². The van der Waals surface area contributed by atoms with Gasteiger partial charge in [0.05, 0.1) is 0 Å². The molecule has 0 aromatic carbocycles. The molecule has 1 aromatic rings. The summed E-state index contributed by atoms with van der Waals surface area (Å²) in [5.41, 5.74) is 0. The molecule has 2 N–H and O–H groups in total. The first-order valence-corrected chi connectivity index (χ1v) is 6.78. The highest BCUT2D eigenvalue weighted by molar-refractivity contribution is 7.10. The average Bonchev–Trinajstić information content (AvgIpc) is 2.97. The zero-order valence-corrected chi connectivity index (χ0v) is 10.6. The molecule has 1 aromatic heterocycles. The molecular weight excluding hydrogens is 254 g/mol. The van der Waals surface area contributed by atoms with Gasteiger partial charge in [0.2, 0.25) is 0 Å². The smallest absolute Gasteiger partial charge is 0.408 e. The molecule has 1 atom stereocenters. The van der Waals surface area contributed by atoms with Crippen molar-refractivity contribution >= 4 is 23.4 Å². The third kappa shape index (κ3) is 3.22. The fourth-order valence-electron chi connectivity index (χ4n) is 2.02. The molecule has 1 saturated carbocycles. The Bertz CT molecular complexity index is 412. The number of ether oxygens (including phenoxy) is 1. The Labute approximate surface area is 109 Å². The molecule has 0 bridgehead atoms. The van der Waals surface area contributed by atoms with E-state index < -0.39 is 18.1 Å². The van der Waals surface area contributed by atoms with Crippen molar-refractivity contribution in [1.82, 2.24) is 5.32 Å². The number of alkyl carbamates (subject to hydrolysis) is 1. The third-order valence-corrected chi connectivity index (χ3v) is 3.85. The normalized spacial score (nSPS) is 17.3. The molecule has 5 nitrogen and oxygen atoms in total. The molecular formula is C12H15NO4S. The fraction of sp³-hybridized carbons (Fsp3) is 0.500. The van der Waals surface area contributed by atoms with Crippen LogP contribution >= 0.6 is 11.3 Å². The first-order chi connectivity index (χ1) is 8.66. The van der Waals surface area contributed by atoms with Gasteiger partial charge >= 0.3 is 12.1 Å². The SMILES string of the molecule is O=C(NC(C(=O)O)c1cccs1)OC1CCCC1. The molecule has 1 heterocycles. The molecule has 0 radical (unpaired) electrons. The average molecular weight is 269 g/mol. The first kappa shape index (κ1) is 12.9. The number of hydrogen-bond acceptors (Lipinski definition) is 4. The molecule has 0 aliphatic heterocycles. The second-order valence-corrected chi connectivity index (χ2v) is 5.22. The summed E-state index contributed by atoms with van der Waals surface area (Å²) >= 11 is 1.29. The summed E-state index contributed by atoms with van der Waals surface area (Å²) in [6.07, 6.45) is 3.13. The summed E-state index contributed by atoms with van der Waals surface area (Å²) in [6, 6.07) is 2.40. The van der Waals surface area contributed by atoms with Gasteiger partial charge in [-0.2, -0.15) is 0 Å². The van der Waals surface area contributed by atoms with Gasteiger partial charge in [-0.05, 0) is 37.1 Å². The second kappa shape index (κ2) is 5.86. The summed E-state index contributed by atoms with van der Waals surface area (Å²) in [4.78, 5) is 23.3. The predicted molar refractivity (Wildman–Crippen MR) is 66.6 cm³/mol. The number of amides is 1. The van der Waals surface area contributed by atoms with E-state index in [4.69, 9.17) is 9.84 Å². The summed E-state index contributed by atoms with van der Waals surface area (Å²) in [5, 5.41) is 13.3. The predicted octanol–water partition coefficient (Wildman–Crippen LogP) is 2.54. The highest BCUT2D eigenvalue weighted by atomic mass is 32.1. The summed E-state index contributed by atoms with van der Waals surface area (Å²) in [7, 11) is 0. The van der Waals surface area contributed by atoms with Crippen molar-refractivity contribution in [1.29, 1.82) is 0 Å². The van der Waals surface area contributed by atoms with Crippen molar-refractivity contribution in [3.8, 4) is 0 Å². The molecule has 1 unspecified atom stereocenters. The van der Waals surface area contributed by atoms with Crippen molar-refractivity contribution < 1.29 is 19.4 Å². The fourth-order valence-corrected chi connectivity index (χ4v) is 2.79. The number of carbonyl (C=O) groups excluding carboxylic acids is 1. The molecule has 1 fully saturated rings. The first-order valence-electron chi connectivity index (χ1n) is 5.90. The van der Waals surface area contributed by atoms with Gasteiger partial charge in [-0.3, -0.25) is 0 Å². The lowest BCUT2D eigenvalue weighted by molar-refractivity contribution is -0.139. The van der Waals surface area contributed by atoms with Crippen LogP contribution in [0.15, 0.2) is 17.5 Å². The van der Waals surface area contributed by atoms with Crippen molar-refractivity contribution in [3.05, 3.63) is 22.4 Å². The third-order valence-electron chi connectivity index (χ3n) is 2.91. The van der Waals surface area contributed by atoms with E-state index in [1.54, 1.807) is 17.5 Å².